The normalized spacial score (nSPS) is 22.3. The zero-order chi connectivity index (χ0) is 11.9. The van der Waals surface area contributed by atoms with E-state index in [1.807, 2.05) is 11.8 Å². The largest absolute Gasteiger partial charge is 0.302 e. The lowest BCUT2D eigenvalue weighted by molar-refractivity contribution is 0.299. The molecule has 1 heterocycles. The molecule has 94 valence electrons. The van der Waals surface area contributed by atoms with E-state index >= 15 is 0 Å². The Morgan fingerprint density at radius 3 is 2.82 bits per heavy atom. The predicted molar refractivity (Wildman–Crippen MR) is 76.6 cm³/mol. The van der Waals surface area contributed by atoms with Crippen LogP contribution in [-0.4, -0.2) is 30.3 Å². The summed E-state index contributed by atoms with van der Waals surface area (Å²) in [4.78, 5) is 4.04. The third-order valence-corrected chi connectivity index (χ3v) is 4.52. The van der Waals surface area contributed by atoms with Crippen molar-refractivity contribution in [1.29, 1.82) is 0 Å². The molecule has 1 aliphatic rings. The molecule has 1 nitrogen and oxygen atoms in total. The second kappa shape index (κ2) is 7.07. The summed E-state index contributed by atoms with van der Waals surface area (Å²) in [5, 5.41) is 0. The van der Waals surface area contributed by atoms with Gasteiger partial charge in [-0.15, -0.1) is 11.8 Å². The maximum absolute atomic E-state index is 2.64. The van der Waals surface area contributed by atoms with Crippen LogP contribution in [0.3, 0.4) is 0 Å². The number of rotatable bonds is 4. The highest BCUT2D eigenvalue weighted by atomic mass is 32.2. The van der Waals surface area contributed by atoms with Crippen molar-refractivity contribution in [1.82, 2.24) is 4.90 Å². The summed E-state index contributed by atoms with van der Waals surface area (Å²) in [5.74, 6) is 2.15. The van der Waals surface area contributed by atoms with Crippen LogP contribution < -0.4 is 0 Å². The van der Waals surface area contributed by atoms with Crippen molar-refractivity contribution in [3.05, 3.63) is 30.3 Å². The molecule has 0 N–H and O–H groups in total. The van der Waals surface area contributed by atoms with Gasteiger partial charge in [0.05, 0.1) is 0 Å². The van der Waals surface area contributed by atoms with E-state index in [2.05, 4.69) is 42.2 Å². The van der Waals surface area contributed by atoms with E-state index in [-0.39, 0.29) is 0 Å². The zero-order valence-corrected chi connectivity index (χ0v) is 11.6. The molecule has 0 spiro atoms. The van der Waals surface area contributed by atoms with Crippen molar-refractivity contribution in [2.75, 3.05) is 25.4 Å². The maximum Gasteiger partial charge on any atom is 0.0108 e. The number of benzene rings is 1. The first-order valence-corrected chi connectivity index (χ1v) is 7.73. The third-order valence-electron chi connectivity index (χ3n) is 3.53. The number of likely N-dealkylation sites (tertiary alicyclic amines) is 1. The lowest BCUT2D eigenvalue weighted by Gasteiger charge is -2.19. The Morgan fingerprint density at radius 1 is 1.18 bits per heavy atom. The molecule has 2 heteroatoms. The molecular formula is C15H23NS. The minimum Gasteiger partial charge on any atom is -0.302 e. The average Bonchev–Trinajstić information content (AvgIpc) is 2.56. The van der Waals surface area contributed by atoms with Gasteiger partial charge in [-0.25, -0.2) is 0 Å². The molecule has 2 rings (SSSR count). The topological polar surface area (TPSA) is 3.24 Å². The summed E-state index contributed by atoms with van der Waals surface area (Å²) < 4.78 is 0. The van der Waals surface area contributed by atoms with Gasteiger partial charge in [-0.1, -0.05) is 25.1 Å². The van der Waals surface area contributed by atoms with Gasteiger partial charge in [0.1, 0.15) is 0 Å². The molecule has 0 saturated carbocycles. The highest BCUT2D eigenvalue weighted by molar-refractivity contribution is 7.99. The van der Waals surface area contributed by atoms with Crippen LogP contribution in [0.2, 0.25) is 0 Å². The third kappa shape index (κ3) is 4.72. The van der Waals surface area contributed by atoms with Crippen LogP contribution in [-0.2, 0) is 0 Å². The van der Waals surface area contributed by atoms with E-state index in [4.69, 9.17) is 0 Å². The Hall–Kier alpha value is -0.470. The smallest absolute Gasteiger partial charge is 0.0108 e. The van der Waals surface area contributed by atoms with Crippen LogP contribution in [0.25, 0.3) is 0 Å². The first-order chi connectivity index (χ1) is 8.34. The SMILES string of the molecule is CC1CCCN(CCSc2ccccc2)CC1. The number of nitrogens with zero attached hydrogens (tertiary/aromatic N) is 1. The number of hydrogen-bond donors (Lipinski definition) is 0. The average molecular weight is 249 g/mol. The summed E-state index contributed by atoms with van der Waals surface area (Å²) in [6, 6.07) is 10.7. The summed E-state index contributed by atoms with van der Waals surface area (Å²) >= 11 is 1.98. The highest BCUT2D eigenvalue weighted by Gasteiger charge is 2.12. The molecule has 0 radical (unpaired) electrons. The molecule has 1 fully saturated rings. The van der Waals surface area contributed by atoms with E-state index in [0.29, 0.717) is 0 Å². The van der Waals surface area contributed by atoms with Gasteiger partial charge in [-0.2, -0.15) is 0 Å². The van der Waals surface area contributed by atoms with Gasteiger partial charge in [0.25, 0.3) is 0 Å². The lowest BCUT2D eigenvalue weighted by Crippen LogP contribution is -2.27. The van der Waals surface area contributed by atoms with Gasteiger partial charge in [0.15, 0.2) is 0 Å². The lowest BCUT2D eigenvalue weighted by atomic mass is 10.0. The minimum absolute atomic E-state index is 0.932. The van der Waals surface area contributed by atoms with Crippen LogP contribution in [0.4, 0.5) is 0 Å². The van der Waals surface area contributed by atoms with Gasteiger partial charge in [0.2, 0.25) is 0 Å². The first kappa shape index (κ1) is 13.0. The van der Waals surface area contributed by atoms with Crippen molar-refractivity contribution in [3.63, 3.8) is 0 Å². The Kier molecular flexibility index (Phi) is 5.40. The maximum atomic E-state index is 2.64. The monoisotopic (exact) mass is 249 g/mol. The van der Waals surface area contributed by atoms with Crippen molar-refractivity contribution in [2.24, 2.45) is 5.92 Å². The molecule has 0 aliphatic carbocycles. The fraction of sp³-hybridized carbons (Fsp3) is 0.600. The van der Waals surface area contributed by atoms with Crippen LogP contribution in [0.15, 0.2) is 35.2 Å². The number of hydrogen-bond acceptors (Lipinski definition) is 2. The number of thioether (sulfide) groups is 1. The molecule has 1 atom stereocenters. The molecule has 17 heavy (non-hydrogen) atoms. The zero-order valence-electron chi connectivity index (χ0n) is 10.8. The molecule has 0 amide bonds. The molecule has 1 aromatic rings. The summed E-state index contributed by atoms with van der Waals surface area (Å²) in [5.41, 5.74) is 0. The molecule has 0 aromatic heterocycles. The Labute approximate surface area is 110 Å². The first-order valence-electron chi connectivity index (χ1n) is 6.75. The molecule has 1 saturated heterocycles. The van der Waals surface area contributed by atoms with Gasteiger partial charge in [-0.3, -0.25) is 0 Å². The second-order valence-corrected chi connectivity index (χ2v) is 6.21. The molecule has 1 unspecified atom stereocenters. The predicted octanol–water partition coefficient (Wildman–Crippen LogP) is 3.90. The fourth-order valence-corrected chi connectivity index (χ4v) is 3.29. The summed E-state index contributed by atoms with van der Waals surface area (Å²) in [6.07, 6.45) is 4.19. The molecule has 1 aromatic carbocycles. The minimum atomic E-state index is 0.932. The van der Waals surface area contributed by atoms with Crippen LogP contribution in [0.5, 0.6) is 0 Å². The molecular weight excluding hydrogens is 226 g/mol. The van der Waals surface area contributed by atoms with Gasteiger partial charge in [0, 0.05) is 17.2 Å². The Bertz CT molecular complexity index is 312. The molecule has 0 bridgehead atoms. The van der Waals surface area contributed by atoms with Gasteiger partial charge >= 0.3 is 0 Å². The summed E-state index contributed by atoms with van der Waals surface area (Å²) in [6.45, 7) is 6.24. The van der Waals surface area contributed by atoms with E-state index in [1.165, 1.54) is 49.5 Å². The summed E-state index contributed by atoms with van der Waals surface area (Å²) in [7, 11) is 0. The highest BCUT2D eigenvalue weighted by Crippen LogP contribution is 2.19. The van der Waals surface area contributed by atoms with Crippen molar-refractivity contribution in [3.8, 4) is 0 Å². The van der Waals surface area contributed by atoms with Crippen molar-refractivity contribution >= 4 is 11.8 Å². The fourth-order valence-electron chi connectivity index (χ4n) is 2.36. The second-order valence-electron chi connectivity index (χ2n) is 5.04. The van der Waals surface area contributed by atoms with E-state index in [1.54, 1.807) is 0 Å². The Morgan fingerprint density at radius 2 is 2.00 bits per heavy atom. The van der Waals surface area contributed by atoms with Crippen molar-refractivity contribution < 1.29 is 0 Å². The Balaban J connectivity index is 1.68. The van der Waals surface area contributed by atoms with Crippen LogP contribution >= 0.6 is 11.8 Å². The van der Waals surface area contributed by atoms with E-state index in [0.717, 1.165) is 5.92 Å². The quantitative estimate of drug-likeness (QED) is 0.745. The standard InChI is InChI=1S/C15H23NS/c1-14-6-5-10-16(11-9-14)12-13-17-15-7-3-2-4-8-15/h2-4,7-8,14H,5-6,9-13H2,1H3. The van der Waals surface area contributed by atoms with E-state index < -0.39 is 0 Å². The van der Waals surface area contributed by atoms with E-state index in [9.17, 15) is 0 Å². The van der Waals surface area contributed by atoms with Crippen LogP contribution in [0, 0.1) is 5.92 Å². The van der Waals surface area contributed by atoms with Crippen LogP contribution in [0.1, 0.15) is 26.2 Å². The molecule has 1 aliphatic heterocycles. The van der Waals surface area contributed by atoms with Gasteiger partial charge < -0.3 is 4.90 Å². The van der Waals surface area contributed by atoms with Crippen molar-refractivity contribution in [2.45, 2.75) is 31.1 Å². The van der Waals surface area contributed by atoms with Gasteiger partial charge in [-0.05, 0) is 50.4 Å².